The van der Waals surface area contributed by atoms with Crippen molar-refractivity contribution in [3.8, 4) is 0 Å². The van der Waals surface area contributed by atoms with Crippen molar-refractivity contribution >= 4 is 26.9 Å². The molecule has 0 spiro atoms. The molecule has 0 bridgehead atoms. The first-order valence-electron chi connectivity index (χ1n) is 4.10. The molecule has 2 nitrogen and oxygen atoms in total. The molecule has 0 radical (unpaired) electrons. The van der Waals surface area contributed by atoms with E-state index in [1.54, 1.807) is 6.26 Å². The van der Waals surface area contributed by atoms with Gasteiger partial charge >= 0.3 is 0 Å². The Morgan fingerprint density at radius 1 is 1.46 bits per heavy atom. The van der Waals surface area contributed by atoms with Crippen LogP contribution in [0.25, 0.3) is 11.0 Å². The van der Waals surface area contributed by atoms with Gasteiger partial charge in [-0.3, -0.25) is 0 Å². The molecule has 3 heteroatoms. The minimum atomic E-state index is 0.0256. The first-order valence-corrected chi connectivity index (χ1v) is 4.90. The zero-order valence-electron chi connectivity index (χ0n) is 7.25. The normalized spacial score (nSPS) is 13.5. The highest BCUT2D eigenvalue weighted by Crippen LogP contribution is 2.28. The summed E-state index contributed by atoms with van der Waals surface area (Å²) in [5, 5.41) is 1.10. The van der Waals surface area contributed by atoms with Gasteiger partial charge in [0.15, 0.2) is 0 Å². The van der Waals surface area contributed by atoms with Crippen LogP contribution < -0.4 is 5.73 Å². The second-order valence-electron chi connectivity index (χ2n) is 3.12. The average Bonchev–Trinajstić information content (AvgIpc) is 2.49. The molecule has 0 saturated carbocycles. The summed E-state index contributed by atoms with van der Waals surface area (Å²) in [5.74, 6) is 0. The van der Waals surface area contributed by atoms with Gasteiger partial charge in [-0.15, -0.1) is 0 Å². The molecule has 2 aromatic rings. The lowest BCUT2D eigenvalue weighted by Crippen LogP contribution is -2.04. The van der Waals surface area contributed by atoms with Crippen LogP contribution in [0, 0.1) is 0 Å². The quantitative estimate of drug-likeness (QED) is 0.831. The molecule has 1 aromatic carbocycles. The predicted octanol–water partition coefficient (Wildman–Crippen LogP) is 3.22. The van der Waals surface area contributed by atoms with Crippen LogP contribution in [0.4, 0.5) is 0 Å². The summed E-state index contributed by atoms with van der Waals surface area (Å²) in [6.07, 6.45) is 1.68. The monoisotopic (exact) mass is 239 g/mol. The largest absolute Gasteiger partial charge is 0.464 e. The van der Waals surface area contributed by atoms with Crippen LogP contribution in [-0.2, 0) is 0 Å². The van der Waals surface area contributed by atoms with Crippen LogP contribution in [-0.4, -0.2) is 0 Å². The molecule has 0 amide bonds. The zero-order valence-corrected chi connectivity index (χ0v) is 8.84. The molecule has 2 rings (SSSR count). The maximum atomic E-state index is 5.85. The number of fused-ring (bicyclic) bond motifs is 1. The SMILES string of the molecule is C[C@@H](N)c1cc(Br)cc2occc12. The maximum Gasteiger partial charge on any atom is 0.135 e. The van der Waals surface area contributed by atoms with Crippen LogP contribution >= 0.6 is 15.9 Å². The number of benzene rings is 1. The molecular weight excluding hydrogens is 230 g/mol. The minimum Gasteiger partial charge on any atom is -0.464 e. The lowest BCUT2D eigenvalue weighted by molar-refractivity contribution is 0.615. The van der Waals surface area contributed by atoms with E-state index >= 15 is 0 Å². The van der Waals surface area contributed by atoms with Crippen molar-refractivity contribution in [2.45, 2.75) is 13.0 Å². The van der Waals surface area contributed by atoms with Gasteiger partial charge in [-0.25, -0.2) is 0 Å². The van der Waals surface area contributed by atoms with Gasteiger partial charge in [0.2, 0.25) is 0 Å². The van der Waals surface area contributed by atoms with Gasteiger partial charge in [0.05, 0.1) is 6.26 Å². The number of halogens is 1. The van der Waals surface area contributed by atoms with E-state index in [0.29, 0.717) is 0 Å². The molecule has 1 aromatic heterocycles. The van der Waals surface area contributed by atoms with E-state index in [1.165, 1.54) is 0 Å². The topological polar surface area (TPSA) is 39.2 Å². The van der Waals surface area contributed by atoms with E-state index in [4.69, 9.17) is 10.2 Å². The molecule has 1 heterocycles. The third-order valence-corrected chi connectivity index (χ3v) is 2.52. The summed E-state index contributed by atoms with van der Waals surface area (Å²) in [7, 11) is 0. The van der Waals surface area contributed by atoms with Crippen LogP contribution in [0.15, 0.2) is 33.4 Å². The van der Waals surface area contributed by atoms with Crippen LogP contribution in [0.3, 0.4) is 0 Å². The Bertz CT molecular complexity index is 433. The summed E-state index contributed by atoms with van der Waals surface area (Å²) in [6, 6.07) is 5.95. The lowest BCUT2D eigenvalue weighted by atomic mass is 10.1. The second-order valence-corrected chi connectivity index (χ2v) is 4.03. The summed E-state index contributed by atoms with van der Waals surface area (Å²) < 4.78 is 6.31. The maximum absolute atomic E-state index is 5.85. The Morgan fingerprint density at radius 3 is 2.92 bits per heavy atom. The average molecular weight is 240 g/mol. The Hall–Kier alpha value is -0.800. The van der Waals surface area contributed by atoms with Crippen molar-refractivity contribution in [3.05, 3.63) is 34.5 Å². The highest BCUT2D eigenvalue weighted by atomic mass is 79.9. The molecule has 0 unspecified atom stereocenters. The van der Waals surface area contributed by atoms with E-state index in [-0.39, 0.29) is 6.04 Å². The van der Waals surface area contributed by atoms with E-state index in [9.17, 15) is 0 Å². The van der Waals surface area contributed by atoms with E-state index in [0.717, 1.165) is 21.0 Å². The Morgan fingerprint density at radius 2 is 2.23 bits per heavy atom. The first kappa shape index (κ1) is 8.78. The van der Waals surface area contributed by atoms with E-state index in [1.807, 2.05) is 25.1 Å². The van der Waals surface area contributed by atoms with Crippen molar-refractivity contribution in [2.24, 2.45) is 5.73 Å². The molecule has 13 heavy (non-hydrogen) atoms. The molecular formula is C10H10BrNO. The minimum absolute atomic E-state index is 0.0256. The third kappa shape index (κ3) is 1.49. The molecule has 68 valence electrons. The van der Waals surface area contributed by atoms with Crippen molar-refractivity contribution in [3.63, 3.8) is 0 Å². The van der Waals surface area contributed by atoms with Crippen molar-refractivity contribution in [1.29, 1.82) is 0 Å². The Kier molecular flexibility index (Phi) is 2.14. The number of rotatable bonds is 1. The Balaban J connectivity index is 2.77. The molecule has 0 fully saturated rings. The highest BCUT2D eigenvalue weighted by Gasteiger charge is 2.08. The van der Waals surface area contributed by atoms with Crippen LogP contribution in [0.5, 0.6) is 0 Å². The number of hydrogen-bond acceptors (Lipinski definition) is 2. The number of furan rings is 1. The van der Waals surface area contributed by atoms with Gasteiger partial charge in [-0.1, -0.05) is 15.9 Å². The Labute approximate surface area is 84.8 Å². The molecule has 1 atom stereocenters. The highest BCUT2D eigenvalue weighted by molar-refractivity contribution is 9.10. The lowest BCUT2D eigenvalue weighted by Gasteiger charge is -2.06. The number of hydrogen-bond donors (Lipinski definition) is 1. The van der Waals surface area contributed by atoms with Crippen molar-refractivity contribution in [2.75, 3.05) is 0 Å². The standard InChI is InChI=1S/C10H10BrNO/c1-6(12)9-4-7(11)5-10-8(9)2-3-13-10/h2-6H,12H2,1H3/t6-/m1/s1. The van der Waals surface area contributed by atoms with Gasteiger partial charge in [0, 0.05) is 15.9 Å². The fourth-order valence-corrected chi connectivity index (χ4v) is 1.90. The fourth-order valence-electron chi connectivity index (χ4n) is 1.44. The van der Waals surface area contributed by atoms with Gasteiger partial charge < -0.3 is 10.2 Å². The molecule has 2 N–H and O–H groups in total. The molecule has 0 saturated heterocycles. The van der Waals surface area contributed by atoms with Gasteiger partial charge in [0.25, 0.3) is 0 Å². The summed E-state index contributed by atoms with van der Waals surface area (Å²) in [4.78, 5) is 0. The second kappa shape index (κ2) is 3.16. The fraction of sp³-hybridized carbons (Fsp3) is 0.200. The predicted molar refractivity (Wildman–Crippen MR) is 56.5 cm³/mol. The van der Waals surface area contributed by atoms with Crippen LogP contribution in [0.2, 0.25) is 0 Å². The van der Waals surface area contributed by atoms with Crippen molar-refractivity contribution < 1.29 is 4.42 Å². The molecule has 0 aliphatic carbocycles. The van der Waals surface area contributed by atoms with Gasteiger partial charge in [0.1, 0.15) is 5.58 Å². The molecule has 0 aliphatic rings. The number of nitrogens with two attached hydrogens (primary N) is 1. The summed E-state index contributed by atoms with van der Waals surface area (Å²) in [6.45, 7) is 1.97. The zero-order chi connectivity index (χ0) is 9.42. The van der Waals surface area contributed by atoms with E-state index < -0.39 is 0 Å². The van der Waals surface area contributed by atoms with Gasteiger partial charge in [-0.05, 0) is 30.7 Å². The van der Waals surface area contributed by atoms with Gasteiger partial charge in [-0.2, -0.15) is 0 Å². The molecule has 0 aliphatic heterocycles. The summed E-state index contributed by atoms with van der Waals surface area (Å²) in [5.41, 5.74) is 7.83. The van der Waals surface area contributed by atoms with Crippen LogP contribution in [0.1, 0.15) is 18.5 Å². The van der Waals surface area contributed by atoms with Crippen molar-refractivity contribution in [1.82, 2.24) is 0 Å². The third-order valence-electron chi connectivity index (χ3n) is 2.06. The van der Waals surface area contributed by atoms with E-state index in [2.05, 4.69) is 15.9 Å². The first-order chi connectivity index (χ1) is 6.18. The smallest absolute Gasteiger partial charge is 0.135 e. The summed E-state index contributed by atoms with van der Waals surface area (Å²) >= 11 is 3.42.